The standard InChI is InChI=1S/C12H9BrClNO/c13-8-9-3-2-6-15-12(9)16-11-5-1-4-10(14)7-11/h1-7H,8H2. The molecular weight excluding hydrogens is 289 g/mol. The molecule has 0 aliphatic heterocycles. The topological polar surface area (TPSA) is 22.1 Å². The van der Waals surface area contributed by atoms with Gasteiger partial charge in [0.05, 0.1) is 0 Å². The van der Waals surface area contributed by atoms with Crippen molar-refractivity contribution in [3.63, 3.8) is 0 Å². The summed E-state index contributed by atoms with van der Waals surface area (Å²) in [5, 5.41) is 1.35. The Bertz CT molecular complexity index is 490. The average Bonchev–Trinajstić information content (AvgIpc) is 2.30. The Balaban J connectivity index is 2.26. The van der Waals surface area contributed by atoms with Gasteiger partial charge in [-0.3, -0.25) is 0 Å². The molecule has 0 saturated heterocycles. The van der Waals surface area contributed by atoms with E-state index in [-0.39, 0.29) is 0 Å². The molecule has 0 saturated carbocycles. The molecule has 16 heavy (non-hydrogen) atoms. The molecule has 0 amide bonds. The smallest absolute Gasteiger partial charge is 0.223 e. The first-order chi connectivity index (χ1) is 7.79. The maximum absolute atomic E-state index is 5.88. The van der Waals surface area contributed by atoms with Crippen LogP contribution in [0.25, 0.3) is 0 Å². The zero-order valence-electron chi connectivity index (χ0n) is 8.36. The van der Waals surface area contributed by atoms with Crippen molar-refractivity contribution in [3.8, 4) is 11.6 Å². The van der Waals surface area contributed by atoms with E-state index in [1.807, 2.05) is 24.3 Å². The van der Waals surface area contributed by atoms with E-state index in [1.165, 1.54) is 0 Å². The van der Waals surface area contributed by atoms with Crippen molar-refractivity contribution >= 4 is 27.5 Å². The number of alkyl halides is 1. The first-order valence-electron chi connectivity index (χ1n) is 4.73. The number of benzene rings is 1. The van der Waals surface area contributed by atoms with Gasteiger partial charge in [-0.25, -0.2) is 4.98 Å². The van der Waals surface area contributed by atoms with Crippen LogP contribution in [0.5, 0.6) is 11.6 Å². The highest BCUT2D eigenvalue weighted by Crippen LogP contribution is 2.26. The monoisotopic (exact) mass is 297 g/mol. The molecule has 0 aliphatic carbocycles. The van der Waals surface area contributed by atoms with Gasteiger partial charge >= 0.3 is 0 Å². The van der Waals surface area contributed by atoms with Crippen LogP contribution < -0.4 is 4.74 Å². The summed E-state index contributed by atoms with van der Waals surface area (Å²) in [5.74, 6) is 1.29. The van der Waals surface area contributed by atoms with Crippen molar-refractivity contribution in [1.29, 1.82) is 0 Å². The highest BCUT2D eigenvalue weighted by Gasteiger charge is 2.04. The van der Waals surface area contributed by atoms with Crippen LogP contribution in [0.1, 0.15) is 5.56 Å². The van der Waals surface area contributed by atoms with E-state index in [1.54, 1.807) is 18.3 Å². The summed E-state index contributed by atoms with van der Waals surface area (Å²) in [4.78, 5) is 4.18. The molecule has 0 N–H and O–H groups in total. The Morgan fingerprint density at radius 1 is 1.25 bits per heavy atom. The average molecular weight is 299 g/mol. The first-order valence-corrected chi connectivity index (χ1v) is 6.23. The third-order valence-electron chi connectivity index (χ3n) is 2.00. The molecule has 0 radical (unpaired) electrons. The molecule has 2 aromatic rings. The third kappa shape index (κ3) is 2.74. The van der Waals surface area contributed by atoms with Crippen molar-refractivity contribution in [2.75, 3.05) is 0 Å². The zero-order valence-corrected chi connectivity index (χ0v) is 10.7. The van der Waals surface area contributed by atoms with Crippen LogP contribution in [0, 0.1) is 0 Å². The van der Waals surface area contributed by atoms with Gasteiger partial charge in [0, 0.05) is 22.1 Å². The number of pyridine rings is 1. The van der Waals surface area contributed by atoms with Gasteiger partial charge in [-0.2, -0.15) is 0 Å². The molecular formula is C12H9BrClNO. The number of ether oxygens (including phenoxy) is 1. The minimum atomic E-state index is 0.599. The summed E-state index contributed by atoms with van der Waals surface area (Å²) in [7, 11) is 0. The number of hydrogen-bond acceptors (Lipinski definition) is 2. The predicted molar refractivity (Wildman–Crippen MR) is 68.4 cm³/mol. The molecule has 4 heteroatoms. The van der Waals surface area contributed by atoms with Crippen molar-refractivity contribution in [1.82, 2.24) is 4.98 Å². The highest BCUT2D eigenvalue weighted by atomic mass is 79.9. The molecule has 0 aliphatic rings. The lowest BCUT2D eigenvalue weighted by molar-refractivity contribution is 0.458. The Labute approximate surface area is 107 Å². The second-order valence-corrected chi connectivity index (χ2v) is 4.16. The van der Waals surface area contributed by atoms with E-state index in [0.29, 0.717) is 22.0 Å². The van der Waals surface area contributed by atoms with Crippen LogP contribution in [0.2, 0.25) is 5.02 Å². The lowest BCUT2D eigenvalue weighted by Crippen LogP contribution is -1.92. The minimum absolute atomic E-state index is 0.599. The fraction of sp³-hybridized carbons (Fsp3) is 0.0833. The van der Waals surface area contributed by atoms with Gasteiger partial charge in [0.2, 0.25) is 5.88 Å². The van der Waals surface area contributed by atoms with Crippen molar-refractivity contribution in [2.24, 2.45) is 0 Å². The Hall–Kier alpha value is -1.06. The van der Waals surface area contributed by atoms with Crippen LogP contribution in [0.15, 0.2) is 42.6 Å². The van der Waals surface area contributed by atoms with Crippen LogP contribution in [-0.2, 0) is 5.33 Å². The van der Waals surface area contributed by atoms with Crippen molar-refractivity contribution in [3.05, 3.63) is 53.2 Å². The largest absolute Gasteiger partial charge is 0.439 e. The second-order valence-electron chi connectivity index (χ2n) is 3.16. The fourth-order valence-electron chi connectivity index (χ4n) is 1.26. The molecule has 1 aromatic heterocycles. The Morgan fingerprint density at radius 3 is 2.88 bits per heavy atom. The van der Waals surface area contributed by atoms with E-state index in [4.69, 9.17) is 16.3 Å². The molecule has 1 aromatic carbocycles. The second kappa shape index (κ2) is 5.32. The number of hydrogen-bond donors (Lipinski definition) is 0. The maximum atomic E-state index is 5.88. The van der Waals surface area contributed by atoms with Crippen LogP contribution >= 0.6 is 27.5 Å². The molecule has 2 nitrogen and oxygen atoms in total. The Kier molecular flexibility index (Phi) is 3.80. The normalized spacial score (nSPS) is 10.1. The molecule has 1 heterocycles. The minimum Gasteiger partial charge on any atom is -0.439 e. The molecule has 2 rings (SSSR count). The summed E-state index contributed by atoms with van der Waals surface area (Å²) in [5.41, 5.74) is 1.00. The SMILES string of the molecule is Clc1cccc(Oc2ncccc2CBr)c1. The zero-order chi connectivity index (χ0) is 11.4. The first kappa shape index (κ1) is 11.4. The molecule has 0 atom stereocenters. The molecule has 0 fully saturated rings. The van der Waals surface area contributed by atoms with Crippen molar-refractivity contribution in [2.45, 2.75) is 5.33 Å². The van der Waals surface area contributed by atoms with Crippen LogP contribution in [0.4, 0.5) is 0 Å². The lowest BCUT2D eigenvalue weighted by Gasteiger charge is -2.07. The summed E-state index contributed by atoms with van der Waals surface area (Å²) < 4.78 is 5.66. The molecule has 82 valence electrons. The van der Waals surface area contributed by atoms with Gasteiger partial charge in [0.15, 0.2) is 0 Å². The number of rotatable bonds is 3. The van der Waals surface area contributed by atoms with Crippen LogP contribution in [-0.4, -0.2) is 4.98 Å². The third-order valence-corrected chi connectivity index (χ3v) is 2.84. The Morgan fingerprint density at radius 2 is 2.12 bits per heavy atom. The lowest BCUT2D eigenvalue weighted by atomic mass is 10.3. The molecule has 0 bridgehead atoms. The highest BCUT2D eigenvalue weighted by molar-refractivity contribution is 9.08. The molecule has 0 unspecified atom stereocenters. The van der Waals surface area contributed by atoms with Gasteiger partial charge in [0.1, 0.15) is 5.75 Å². The van der Waals surface area contributed by atoms with Crippen LogP contribution in [0.3, 0.4) is 0 Å². The van der Waals surface area contributed by atoms with E-state index < -0.39 is 0 Å². The van der Waals surface area contributed by atoms with E-state index >= 15 is 0 Å². The number of nitrogens with zero attached hydrogens (tertiary/aromatic N) is 1. The van der Waals surface area contributed by atoms with E-state index in [9.17, 15) is 0 Å². The summed E-state index contributed by atoms with van der Waals surface area (Å²) in [6, 6.07) is 11.1. The quantitative estimate of drug-likeness (QED) is 0.782. The van der Waals surface area contributed by atoms with Crippen molar-refractivity contribution < 1.29 is 4.74 Å². The van der Waals surface area contributed by atoms with E-state index in [2.05, 4.69) is 20.9 Å². The van der Waals surface area contributed by atoms with E-state index in [0.717, 1.165) is 5.56 Å². The van der Waals surface area contributed by atoms with Gasteiger partial charge in [-0.1, -0.05) is 39.7 Å². The predicted octanol–water partition coefficient (Wildman–Crippen LogP) is 4.42. The van der Waals surface area contributed by atoms with Gasteiger partial charge in [-0.15, -0.1) is 0 Å². The summed E-state index contributed by atoms with van der Waals surface area (Å²) in [6.07, 6.45) is 1.70. The maximum Gasteiger partial charge on any atom is 0.223 e. The van der Waals surface area contributed by atoms with Gasteiger partial charge in [-0.05, 0) is 24.3 Å². The fourth-order valence-corrected chi connectivity index (χ4v) is 1.87. The summed E-state index contributed by atoms with van der Waals surface area (Å²) in [6.45, 7) is 0. The molecule has 0 spiro atoms. The number of aromatic nitrogens is 1. The van der Waals surface area contributed by atoms with Gasteiger partial charge in [0.25, 0.3) is 0 Å². The van der Waals surface area contributed by atoms with Gasteiger partial charge < -0.3 is 4.74 Å². The number of halogens is 2. The summed E-state index contributed by atoms with van der Waals surface area (Å²) >= 11 is 9.27.